The van der Waals surface area contributed by atoms with Crippen molar-refractivity contribution in [2.45, 2.75) is 18.7 Å². The summed E-state index contributed by atoms with van der Waals surface area (Å²) in [6.07, 6.45) is -0.743. The molecule has 0 aliphatic carbocycles. The molecule has 0 spiro atoms. The van der Waals surface area contributed by atoms with Gasteiger partial charge in [0.25, 0.3) is 0 Å². The fourth-order valence-electron chi connectivity index (χ4n) is 1.53. The number of aliphatic carboxylic acids is 1. The Morgan fingerprint density at radius 3 is 2.44 bits per heavy atom. The van der Waals surface area contributed by atoms with Crippen molar-refractivity contribution in [1.82, 2.24) is 5.32 Å². The molecule has 0 fully saturated rings. The third kappa shape index (κ3) is 8.66. The highest BCUT2D eigenvalue weighted by atomic mass is 33.1. The molecule has 0 aliphatic heterocycles. The van der Waals surface area contributed by atoms with E-state index in [1.165, 1.54) is 28.7 Å². The smallest absolute Gasteiger partial charge is 0.408 e. The van der Waals surface area contributed by atoms with E-state index in [1.54, 1.807) is 0 Å². The summed E-state index contributed by atoms with van der Waals surface area (Å²) in [5.41, 5.74) is 6.20. The van der Waals surface area contributed by atoms with Crippen molar-refractivity contribution in [2.24, 2.45) is 5.73 Å². The second kappa shape index (κ2) is 11.6. The Bertz CT molecular complexity index is 572. The number of carbonyl (C=O) groups excluding carboxylic acids is 2. The van der Waals surface area contributed by atoms with E-state index in [4.69, 9.17) is 15.6 Å². The van der Waals surface area contributed by atoms with E-state index in [2.05, 4.69) is 10.1 Å². The standard InChI is InChI=1S/C15H20N2O6S2/c1-22-14(20)12(9-25-24-8-11(16)13(18)19)17-15(21)23-7-10-5-3-2-4-6-10/h2-6,11-12H,7-9,16H2,1H3,(H,17,21)(H,18,19)/t11-,12-/m1/s1. The second-order valence-corrected chi connectivity index (χ2v) is 7.35. The highest BCUT2D eigenvalue weighted by Crippen LogP contribution is 2.23. The number of alkyl carbamates (subject to hydrolysis) is 1. The van der Waals surface area contributed by atoms with Crippen LogP contribution in [0.3, 0.4) is 0 Å². The molecular weight excluding hydrogens is 368 g/mol. The first-order chi connectivity index (χ1) is 11.9. The summed E-state index contributed by atoms with van der Waals surface area (Å²) in [6, 6.07) is 7.21. The van der Waals surface area contributed by atoms with Crippen LogP contribution in [0.4, 0.5) is 4.79 Å². The van der Waals surface area contributed by atoms with Gasteiger partial charge in [0, 0.05) is 11.5 Å². The molecule has 25 heavy (non-hydrogen) atoms. The summed E-state index contributed by atoms with van der Waals surface area (Å²) in [5, 5.41) is 11.1. The Morgan fingerprint density at radius 1 is 1.20 bits per heavy atom. The predicted molar refractivity (Wildman–Crippen MR) is 96.1 cm³/mol. The van der Waals surface area contributed by atoms with Gasteiger partial charge in [0.15, 0.2) is 0 Å². The number of hydrogen-bond donors (Lipinski definition) is 3. The van der Waals surface area contributed by atoms with Crippen molar-refractivity contribution < 1.29 is 29.0 Å². The van der Waals surface area contributed by atoms with Crippen LogP contribution in [0.1, 0.15) is 5.56 Å². The first kappa shape index (κ1) is 21.1. The summed E-state index contributed by atoms with van der Waals surface area (Å²) in [7, 11) is 3.62. The lowest BCUT2D eigenvalue weighted by Crippen LogP contribution is -2.43. The molecule has 0 saturated carbocycles. The SMILES string of the molecule is COC(=O)[C@@H](CSSC[C@@H](N)C(=O)O)NC(=O)OCc1ccccc1. The van der Waals surface area contributed by atoms with Crippen LogP contribution < -0.4 is 11.1 Å². The van der Waals surface area contributed by atoms with Gasteiger partial charge in [0.2, 0.25) is 0 Å². The maximum atomic E-state index is 11.8. The second-order valence-electron chi connectivity index (χ2n) is 4.80. The number of benzene rings is 1. The molecule has 10 heteroatoms. The number of methoxy groups -OCH3 is 1. The van der Waals surface area contributed by atoms with E-state index >= 15 is 0 Å². The zero-order chi connectivity index (χ0) is 18.7. The largest absolute Gasteiger partial charge is 0.480 e. The van der Waals surface area contributed by atoms with Crippen LogP contribution >= 0.6 is 21.6 Å². The van der Waals surface area contributed by atoms with Crippen LogP contribution in [0.5, 0.6) is 0 Å². The normalized spacial score (nSPS) is 12.7. The maximum Gasteiger partial charge on any atom is 0.408 e. The highest BCUT2D eigenvalue weighted by Gasteiger charge is 2.23. The minimum atomic E-state index is -1.10. The summed E-state index contributed by atoms with van der Waals surface area (Å²) in [6.45, 7) is 0.0793. The monoisotopic (exact) mass is 388 g/mol. The molecule has 0 saturated heterocycles. The molecule has 4 N–H and O–H groups in total. The average Bonchev–Trinajstić information content (AvgIpc) is 2.62. The molecule has 0 aromatic heterocycles. The van der Waals surface area contributed by atoms with E-state index in [1.807, 2.05) is 30.3 Å². The summed E-state index contributed by atoms with van der Waals surface area (Å²) in [5.74, 6) is -1.36. The number of hydrogen-bond acceptors (Lipinski definition) is 8. The fourth-order valence-corrected chi connectivity index (χ4v) is 3.79. The average molecular weight is 388 g/mol. The van der Waals surface area contributed by atoms with Gasteiger partial charge in [-0.15, -0.1) is 0 Å². The van der Waals surface area contributed by atoms with Gasteiger partial charge in [-0.05, 0) is 5.56 Å². The number of amides is 1. The zero-order valence-corrected chi connectivity index (χ0v) is 15.2. The van der Waals surface area contributed by atoms with Gasteiger partial charge in [-0.2, -0.15) is 0 Å². The van der Waals surface area contributed by atoms with Crippen LogP contribution in [-0.2, 0) is 25.7 Å². The quantitative estimate of drug-likeness (QED) is 0.308. The molecule has 0 aliphatic rings. The first-order valence-corrected chi connectivity index (χ1v) is 9.70. The van der Waals surface area contributed by atoms with Crippen LogP contribution in [-0.4, -0.2) is 53.8 Å². The fraction of sp³-hybridized carbons (Fsp3) is 0.400. The first-order valence-electron chi connectivity index (χ1n) is 7.22. The van der Waals surface area contributed by atoms with E-state index in [9.17, 15) is 14.4 Å². The molecule has 2 atom stereocenters. The molecule has 0 heterocycles. The van der Waals surface area contributed by atoms with Crippen molar-refractivity contribution in [2.75, 3.05) is 18.6 Å². The van der Waals surface area contributed by atoms with Crippen molar-refractivity contribution >= 4 is 39.6 Å². The molecule has 8 nitrogen and oxygen atoms in total. The molecule has 1 amide bonds. The number of carboxylic acids is 1. The Kier molecular flexibility index (Phi) is 9.81. The number of carboxylic acid groups (broad SMARTS) is 1. The van der Waals surface area contributed by atoms with E-state index in [-0.39, 0.29) is 18.1 Å². The number of carbonyl (C=O) groups is 3. The number of ether oxygens (including phenoxy) is 2. The van der Waals surface area contributed by atoms with Gasteiger partial charge in [-0.1, -0.05) is 51.9 Å². The Hall–Kier alpha value is -1.91. The number of nitrogens with one attached hydrogen (secondary N) is 1. The van der Waals surface area contributed by atoms with Crippen molar-refractivity contribution in [3.63, 3.8) is 0 Å². The minimum Gasteiger partial charge on any atom is -0.480 e. The number of nitrogens with two attached hydrogens (primary N) is 1. The molecule has 0 radical (unpaired) electrons. The van der Waals surface area contributed by atoms with Crippen molar-refractivity contribution in [3.05, 3.63) is 35.9 Å². The Balaban J connectivity index is 2.40. The maximum absolute atomic E-state index is 11.8. The topological polar surface area (TPSA) is 128 Å². The number of rotatable bonds is 10. The van der Waals surface area contributed by atoms with Crippen LogP contribution in [0.2, 0.25) is 0 Å². The lowest BCUT2D eigenvalue weighted by molar-refractivity contribution is -0.142. The summed E-state index contributed by atoms with van der Waals surface area (Å²) in [4.78, 5) is 34.2. The van der Waals surface area contributed by atoms with Crippen molar-refractivity contribution in [3.8, 4) is 0 Å². The van der Waals surface area contributed by atoms with Gasteiger partial charge < -0.3 is 25.6 Å². The minimum absolute atomic E-state index is 0.0793. The third-order valence-corrected chi connectivity index (χ3v) is 5.32. The van der Waals surface area contributed by atoms with E-state index in [0.717, 1.165) is 5.56 Å². The summed E-state index contributed by atoms with van der Waals surface area (Å²) >= 11 is 0. The lowest BCUT2D eigenvalue weighted by Gasteiger charge is -2.16. The van der Waals surface area contributed by atoms with Gasteiger partial charge in [-0.25, -0.2) is 9.59 Å². The molecule has 0 unspecified atom stereocenters. The highest BCUT2D eigenvalue weighted by molar-refractivity contribution is 8.76. The van der Waals surface area contributed by atoms with Crippen LogP contribution in [0, 0.1) is 0 Å². The molecule has 138 valence electrons. The lowest BCUT2D eigenvalue weighted by atomic mass is 10.2. The van der Waals surface area contributed by atoms with Gasteiger partial charge in [0.1, 0.15) is 18.7 Å². The van der Waals surface area contributed by atoms with E-state index < -0.39 is 30.1 Å². The molecular formula is C15H20N2O6S2. The van der Waals surface area contributed by atoms with E-state index in [0.29, 0.717) is 0 Å². The third-order valence-electron chi connectivity index (χ3n) is 2.87. The molecule has 1 rings (SSSR count). The molecule has 0 bridgehead atoms. The van der Waals surface area contributed by atoms with Gasteiger partial charge >= 0.3 is 18.0 Å². The molecule has 1 aromatic carbocycles. The van der Waals surface area contributed by atoms with Gasteiger partial charge in [-0.3, -0.25) is 4.79 Å². The van der Waals surface area contributed by atoms with Crippen LogP contribution in [0.25, 0.3) is 0 Å². The molecule has 1 aromatic rings. The van der Waals surface area contributed by atoms with Crippen molar-refractivity contribution in [1.29, 1.82) is 0 Å². The Morgan fingerprint density at radius 2 is 1.84 bits per heavy atom. The zero-order valence-electron chi connectivity index (χ0n) is 13.5. The van der Waals surface area contributed by atoms with Gasteiger partial charge in [0.05, 0.1) is 7.11 Å². The summed E-state index contributed by atoms with van der Waals surface area (Å²) < 4.78 is 9.70. The predicted octanol–water partition coefficient (Wildman–Crippen LogP) is 1.25. The number of esters is 1. The Labute approximate surface area is 153 Å². The van der Waals surface area contributed by atoms with Crippen LogP contribution in [0.15, 0.2) is 30.3 Å².